The number of nitrogens with one attached hydrogen (secondary N) is 1. The number of hydrogen-bond donors (Lipinski definition) is 1. The van der Waals surface area contributed by atoms with E-state index in [4.69, 9.17) is 9.72 Å². The van der Waals surface area contributed by atoms with Gasteiger partial charge in [-0.1, -0.05) is 55.0 Å². The number of aryl methyl sites for hydroxylation is 1. The second-order valence-electron chi connectivity index (χ2n) is 8.15. The zero-order valence-corrected chi connectivity index (χ0v) is 19.2. The molecule has 0 aliphatic heterocycles. The number of carbonyl (C=O) groups is 2. The Balaban J connectivity index is 1.58. The van der Waals surface area contributed by atoms with Crippen LogP contribution in [-0.4, -0.2) is 24.0 Å². The topological polar surface area (TPSA) is 68.3 Å². The monoisotopic (exact) mass is 456 g/mol. The number of aromatic nitrogens is 1. The van der Waals surface area contributed by atoms with Gasteiger partial charge < -0.3 is 10.1 Å². The van der Waals surface area contributed by atoms with Crippen molar-refractivity contribution in [2.45, 2.75) is 32.1 Å². The van der Waals surface area contributed by atoms with Gasteiger partial charge in [-0.25, -0.2) is 9.78 Å². The van der Waals surface area contributed by atoms with Crippen LogP contribution in [0.4, 0.5) is 5.00 Å². The van der Waals surface area contributed by atoms with Crippen molar-refractivity contribution in [3.63, 3.8) is 0 Å². The molecule has 1 aliphatic rings. The standard InChI is InChI=1S/C27H24N2O3S/c1-32-27(31)24-19-13-6-3-7-15-23(19)33-26(24)29-25(30)20-16-22(17-10-4-2-5-11-17)28-21-14-9-8-12-18(20)21/h2,4-5,8-12,14,16H,3,6-7,13,15H2,1H3,(H,29,30). The van der Waals surface area contributed by atoms with Crippen molar-refractivity contribution in [2.24, 2.45) is 0 Å². The number of esters is 1. The first-order chi connectivity index (χ1) is 16.2. The molecule has 4 aromatic rings. The molecule has 2 heterocycles. The van der Waals surface area contributed by atoms with Crippen LogP contribution in [0.15, 0.2) is 60.7 Å². The average molecular weight is 457 g/mol. The van der Waals surface area contributed by atoms with Crippen molar-refractivity contribution < 1.29 is 14.3 Å². The molecule has 5 rings (SSSR count). The van der Waals surface area contributed by atoms with Crippen LogP contribution in [0.25, 0.3) is 22.2 Å². The van der Waals surface area contributed by atoms with Gasteiger partial charge in [-0.2, -0.15) is 0 Å². The number of para-hydroxylation sites is 1. The van der Waals surface area contributed by atoms with E-state index in [-0.39, 0.29) is 5.91 Å². The number of hydrogen-bond acceptors (Lipinski definition) is 5. The number of carbonyl (C=O) groups excluding carboxylic acids is 2. The Kier molecular flexibility index (Phi) is 5.92. The maximum atomic E-state index is 13.6. The van der Waals surface area contributed by atoms with Gasteiger partial charge >= 0.3 is 5.97 Å². The van der Waals surface area contributed by atoms with Gasteiger partial charge in [-0.15, -0.1) is 11.3 Å². The molecular weight excluding hydrogens is 432 g/mol. The number of amides is 1. The molecular formula is C27H24N2O3S. The molecule has 1 N–H and O–H groups in total. The fourth-order valence-electron chi connectivity index (χ4n) is 4.44. The highest BCUT2D eigenvalue weighted by Crippen LogP contribution is 2.38. The lowest BCUT2D eigenvalue weighted by atomic mass is 10.0. The normalized spacial score (nSPS) is 13.2. The highest BCUT2D eigenvalue weighted by molar-refractivity contribution is 7.17. The first kappa shape index (κ1) is 21.3. The van der Waals surface area contributed by atoms with E-state index in [1.165, 1.54) is 23.3 Å². The van der Waals surface area contributed by atoms with E-state index >= 15 is 0 Å². The van der Waals surface area contributed by atoms with E-state index in [1.807, 2.05) is 60.7 Å². The van der Waals surface area contributed by atoms with Crippen molar-refractivity contribution in [2.75, 3.05) is 12.4 Å². The quantitative estimate of drug-likeness (QED) is 0.290. The van der Waals surface area contributed by atoms with Gasteiger partial charge in [0.2, 0.25) is 0 Å². The van der Waals surface area contributed by atoms with E-state index in [0.717, 1.165) is 59.8 Å². The largest absolute Gasteiger partial charge is 0.465 e. The van der Waals surface area contributed by atoms with Crippen LogP contribution in [0.1, 0.15) is 50.4 Å². The Morgan fingerprint density at radius 3 is 2.55 bits per heavy atom. The van der Waals surface area contributed by atoms with E-state index in [2.05, 4.69) is 5.32 Å². The van der Waals surface area contributed by atoms with Gasteiger partial charge in [0.1, 0.15) is 5.00 Å². The molecule has 0 spiro atoms. The minimum atomic E-state index is -0.394. The molecule has 2 aromatic carbocycles. The summed E-state index contributed by atoms with van der Waals surface area (Å²) in [6, 6.07) is 19.3. The van der Waals surface area contributed by atoms with Crippen LogP contribution in [0, 0.1) is 0 Å². The van der Waals surface area contributed by atoms with Gasteiger partial charge in [0.05, 0.1) is 29.4 Å². The average Bonchev–Trinajstić information content (AvgIpc) is 3.03. The van der Waals surface area contributed by atoms with Gasteiger partial charge in [0.25, 0.3) is 5.91 Å². The lowest BCUT2D eigenvalue weighted by Crippen LogP contribution is -2.15. The number of nitrogens with zero attached hydrogens (tertiary/aromatic N) is 1. The smallest absolute Gasteiger partial charge is 0.341 e. The molecule has 0 atom stereocenters. The summed E-state index contributed by atoms with van der Waals surface area (Å²) in [5.41, 5.74) is 4.49. The Hall–Kier alpha value is -3.51. The zero-order chi connectivity index (χ0) is 22.8. The van der Waals surface area contributed by atoms with Crippen LogP contribution in [0.5, 0.6) is 0 Å². The molecule has 5 nitrogen and oxygen atoms in total. The minimum Gasteiger partial charge on any atom is -0.465 e. The van der Waals surface area contributed by atoms with Crippen molar-refractivity contribution in [3.05, 3.63) is 82.2 Å². The van der Waals surface area contributed by atoms with E-state index < -0.39 is 5.97 Å². The molecule has 2 aromatic heterocycles. The number of methoxy groups -OCH3 is 1. The third kappa shape index (κ3) is 4.14. The van der Waals surface area contributed by atoms with Gasteiger partial charge in [-0.05, 0) is 43.4 Å². The number of benzene rings is 2. The summed E-state index contributed by atoms with van der Waals surface area (Å²) in [5, 5.41) is 4.38. The number of fused-ring (bicyclic) bond motifs is 2. The first-order valence-corrected chi connectivity index (χ1v) is 12.0. The summed E-state index contributed by atoms with van der Waals surface area (Å²) >= 11 is 1.50. The van der Waals surface area contributed by atoms with E-state index in [0.29, 0.717) is 16.1 Å². The van der Waals surface area contributed by atoms with E-state index in [9.17, 15) is 9.59 Å². The first-order valence-electron chi connectivity index (χ1n) is 11.1. The third-order valence-corrected chi connectivity index (χ3v) is 7.28. The molecule has 0 fully saturated rings. The molecule has 0 saturated carbocycles. The van der Waals surface area contributed by atoms with Crippen LogP contribution >= 0.6 is 11.3 Å². The second-order valence-corrected chi connectivity index (χ2v) is 9.26. The lowest BCUT2D eigenvalue weighted by Gasteiger charge is -2.11. The number of pyridine rings is 1. The molecule has 0 radical (unpaired) electrons. The molecule has 0 bridgehead atoms. The third-order valence-electron chi connectivity index (χ3n) is 6.07. The summed E-state index contributed by atoms with van der Waals surface area (Å²) in [7, 11) is 1.39. The molecule has 1 amide bonds. The van der Waals surface area contributed by atoms with Gasteiger partial charge in [0.15, 0.2) is 0 Å². The summed E-state index contributed by atoms with van der Waals surface area (Å²) in [6.45, 7) is 0. The Morgan fingerprint density at radius 2 is 1.73 bits per heavy atom. The Labute approximate surface area is 196 Å². The van der Waals surface area contributed by atoms with Crippen LogP contribution in [-0.2, 0) is 17.6 Å². The molecule has 6 heteroatoms. The molecule has 1 aliphatic carbocycles. The maximum absolute atomic E-state index is 13.6. The van der Waals surface area contributed by atoms with Gasteiger partial charge in [-0.3, -0.25) is 4.79 Å². The predicted molar refractivity (Wildman–Crippen MR) is 132 cm³/mol. The van der Waals surface area contributed by atoms with Crippen LogP contribution < -0.4 is 5.32 Å². The summed E-state index contributed by atoms with van der Waals surface area (Å²) < 4.78 is 5.08. The molecule has 166 valence electrons. The summed E-state index contributed by atoms with van der Waals surface area (Å²) in [5.74, 6) is -0.651. The van der Waals surface area contributed by atoms with Crippen LogP contribution in [0.3, 0.4) is 0 Å². The maximum Gasteiger partial charge on any atom is 0.341 e. The van der Waals surface area contributed by atoms with Crippen LogP contribution in [0.2, 0.25) is 0 Å². The van der Waals surface area contributed by atoms with Gasteiger partial charge in [0, 0.05) is 15.8 Å². The Bertz CT molecular complexity index is 1340. The minimum absolute atomic E-state index is 0.257. The van der Waals surface area contributed by atoms with Crippen molar-refractivity contribution in [3.8, 4) is 11.3 Å². The van der Waals surface area contributed by atoms with E-state index in [1.54, 1.807) is 0 Å². The zero-order valence-electron chi connectivity index (χ0n) is 18.4. The summed E-state index contributed by atoms with van der Waals surface area (Å²) in [6.07, 6.45) is 5.04. The fraction of sp³-hybridized carbons (Fsp3) is 0.222. The second kappa shape index (κ2) is 9.16. The van der Waals surface area contributed by atoms with Crippen molar-refractivity contribution in [1.82, 2.24) is 4.98 Å². The number of rotatable bonds is 4. The highest BCUT2D eigenvalue weighted by Gasteiger charge is 2.27. The van der Waals surface area contributed by atoms with Crippen molar-refractivity contribution in [1.29, 1.82) is 0 Å². The highest BCUT2D eigenvalue weighted by atomic mass is 32.1. The van der Waals surface area contributed by atoms with Crippen molar-refractivity contribution >= 4 is 39.1 Å². The predicted octanol–water partition coefficient (Wildman–Crippen LogP) is 6.27. The fourth-order valence-corrected chi connectivity index (χ4v) is 5.71. The molecule has 0 saturated heterocycles. The number of thiophene rings is 1. The Morgan fingerprint density at radius 1 is 0.970 bits per heavy atom. The number of ether oxygens (including phenoxy) is 1. The SMILES string of the molecule is COC(=O)c1c(NC(=O)c2cc(-c3ccccc3)nc3ccccc23)sc2c1CCCCC2. The lowest BCUT2D eigenvalue weighted by molar-refractivity contribution is 0.0601. The molecule has 0 unspecified atom stereocenters. The summed E-state index contributed by atoms with van der Waals surface area (Å²) in [4.78, 5) is 32.2. The molecule has 33 heavy (non-hydrogen) atoms. The number of anilines is 1.